The third-order valence-corrected chi connectivity index (χ3v) is 3.99. The monoisotopic (exact) mass is 357 g/mol. The number of halogens is 2. The van der Waals surface area contributed by atoms with Crippen molar-refractivity contribution in [2.45, 2.75) is 31.9 Å². The highest BCUT2D eigenvalue weighted by atomic mass is 79.9. The molecule has 1 aromatic rings. The lowest BCUT2D eigenvalue weighted by molar-refractivity contribution is 0.0243. The maximum absolute atomic E-state index is 13.3. The fourth-order valence-electron chi connectivity index (χ4n) is 2.37. The molecule has 0 aliphatic carbocycles. The summed E-state index contributed by atoms with van der Waals surface area (Å²) in [6.45, 7) is 4.14. The second-order valence-electron chi connectivity index (χ2n) is 5.46. The first-order chi connectivity index (χ1) is 10.0. The van der Waals surface area contributed by atoms with E-state index in [2.05, 4.69) is 38.5 Å². The molecule has 1 atom stereocenters. The van der Waals surface area contributed by atoms with Crippen molar-refractivity contribution in [1.29, 1.82) is 0 Å². The number of hydrogen-bond acceptors (Lipinski definition) is 2. The first kappa shape index (κ1) is 16.2. The van der Waals surface area contributed by atoms with Crippen LogP contribution in [0.4, 0.5) is 4.39 Å². The van der Waals surface area contributed by atoms with Crippen LogP contribution in [0.15, 0.2) is 27.7 Å². The van der Waals surface area contributed by atoms with Gasteiger partial charge in [-0.15, -0.1) is 0 Å². The van der Waals surface area contributed by atoms with Gasteiger partial charge in [0, 0.05) is 31.2 Å². The largest absolute Gasteiger partial charge is 0.373 e. The lowest BCUT2D eigenvalue weighted by Crippen LogP contribution is -2.45. The van der Waals surface area contributed by atoms with Crippen molar-refractivity contribution in [1.82, 2.24) is 10.6 Å². The molecule has 0 saturated carbocycles. The Hall–Kier alpha value is -1.14. The molecule has 1 unspecified atom stereocenters. The van der Waals surface area contributed by atoms with Gasteiger partial charge in [0.15, 0.2) is 5.96 Å². The maximum Gasteiger partial charge on any atom is 0.191 e. The van der Waals surface area contributed by atoms with Gasteiger partial charge in [-0.2, -0.15) is 0 Å². The van der Waals surface area contributed by atoms with Crippen molar-refractivity contribution in [3.05, 3.63) is 34.1 Å². The molecule has 0 radical (unpaired) electrons. The number of aliphatic imine (C=N–C) groups is 1. The van der Waals surface area contributed by atoms with Crippen LogP contribution in [0.3, 0.4) is 0 Å². The molecule has 116 valence electrons. The number of nitrogens with zero attached hydrogens (tertiary/aromatic N) is 1. The summed E-state index contributed by atoms with van der Waals surface area (Å²) in [5.41, 5.74) is 0.729. The van der Waals surface area contributed by atoms with Crippen LogP contribution in [0.1, 0.15) is 25.3 Å². The predicted molar refractivity (Wildman–Crippen MR) is 85.9 cm³/mol. The minimum absolute atomic E-state index is 0.125. The fraction of sp³-hybridized carbons (Fsp3) is 0.533. The SMILES string of the molecule is CN=C(NCc1cc(F)cc(Br)c1)NCC1(C)CCCO1. The van der Waals surface area contributed by atoms with Crippen molar-refractivity contribution < 1.29 is 9.13 Å². The molecule has 0 bridgehead atoms. The van der Waals surface area contributed by atoms with E-state index in [9.17, 15) is 4.39 Å². The van der Waals surface area contributed by atoms with E-state index in [1.54, 1.807) is 7.05 Å². The summed E-state index contributed by atoms with van der Waals surface area (Å²) in [5.74, 6) is 0.433. The Kier molecular flexibility index (Phi) is 5.58. The Balaban J connectivity index is 1.85. The van der Waals surface area contributed by atoms with Gasteiger partial charge in [0.2, 0.25) is 0 Å². The Morgan fingerprint density at radius 1 is 1.43 bits per heavy atom. The highest BCUT2D eigenvalue weighted by Gasteiger charge is 2.29. The maximum atomic E-state index is 13.3. The van der Waals surface area contributed by atoms with Gasteiger partial charge < -0.3 is 15.4 Å². The number of hydrogen-bond donors (Lipinski definition) is 2. The average molecular weight is 358 g/mol. The summed E-state index contributed by atoms with van der Waals surface area (Å²) in [5, 5.41) is 6.44. The fourth-order valence-corrected chi connectivity index (χ4v) is 2.88. The van der Waals surface area contributed by atoms with E-state index in [1.807, 2.05) is 6.07 Å². The van der Waals surface area contributed by atoms with Crippen molar-refractivity contribution in [2.75, 3.05) is 20.2 Å². The molecule has 2 rings (SSSR count). The van der Waals surface area contributed by atoms with Crippen LogP contribution in [-0.2, 0) is 11.3 Å². The molecule has 1 aliphatic rings. The molecule has 0 amide bonds. The van der Waals surface area contributed by atoms with E-state index in [0.717, 1.165) is 29.5 Å². The molecule has 21 heavy (non-hydrogen) atoms. The predicted octanol–water partition coefficient (Wildman–Crippen LogP) is 2.82. The van der Waals surface area contributed by atoms with E-state index < -0.39 is 0 Å². The van der Waals surface area contributed by atoms with Crippen LogP contribution in [0.25, 0.3) is 0 Å². The minimum Gasteiger partial charge on any atom is -0.373 e. The minimum atomic E-state index is -0.254. The molecule has 4 nitrogen and oxygen atoms in total. The second kappa shape index (κ2) is 7.22. The van der Waals surface area contributed by atoms with Crippen LogP contribution in [-0.4, -0.2) is 31.8 Å². The molecule has 2 N–H and O–H groups in total. The lowest BCUT2D eigenvalue weighted by Gasteiger charge is -2.24. The Morgan fingerprint density at radius 3 is 2.86 bits per heavy atom. The smallest absolute Gasteiger partial charge is 0.191 e. The van der Waals surface area contributed by atoms with E-state index in [0.29, 0.717) is 19.0 Å². The summed E-state index contributed by atoms with van der Waals surface area (Å²) < 4.78 is 19.8. The number of nitrogens with one attached hydrogen (secondary N) is 2. The van der Waals surface area contributed by atoms with Gasteiger partial charge in [0.1, 0.15) is 5.82 Å². The molecule has 1 aliphatic heterocycles. The third kappa shape index (κ3) is 4.97. The standard InChI is InChI=1S/C15H21BrFN3O/c1-15(4-3-5-21-15)10-20-14(18-2)19-9-11-6-12(16)8-13(17)7-11/h6-8H,3-5,9-10H2,1-2H3,(H2,18,19,20). The lowest BCUT2D eigenvalue weighted by atomic mass is 10.0. The van der Waals surface area contributed by atoms with E-state index in [-0.39, 0.29) is 11.4 Å². The zero-order valence-electron chi connectivity index (χ0n) is 12.4. The average Bonchev–Trinajstić information content (AvgIpc) is 2.85. The molecule has 0 spiro atoms. The van der Waals surface area contributed by atoms with Gasteiger partial charge in [-0.3, -0.25) is 4.99 Å². The van der Waals surface area contributed by atoms with Crippen molar-refractivity contribution >= 4 is 21.9 Å². The van der Waals surface area contributed by atoms with Crippen LogP contribution >= 0.6 is 15.9 Å². The van der Waals surface area contributed by atoms with Crippen LogP contribution in [0, 0.1) is 5.82 Å². The Bertz CT molecular complexity index is 495. The topological polar surface area (TPSA) is 45.7 Å². The molecule has 1 heterocycles. The molecular weight excluding hydrogens is 337 g/mol. The van der Waals surface area contributed by atoms with Crippen molar-refractivity contribution in [2.24, 2.45) is 4.99 Å². The molecule has 1 saturated heterocycles. The first-order valence-electron chi connectivity index (χ1n) is 7.04. The quantitative estimate of drug-likeness (QED) is 0.643. The zero-order valence-corrected chi connectivity index (χ0v) is 14.0. The van der Waals surface area contributed by atoms with Crippen LogP contribution in [0.5, 0.6) is 0 Å². The summed E-state index contributed by atoms with van der Waals surface area (Å²) in [6.07, 6.45) is 2.15. The highest BCUT2D eigenvalue weighted by molar-refractivity contribution is 9.10. The summed E-state index contributed by atoms with van der Waals surface area (Å²) in [7, 11) is 1.72. The van der Waals surface area contributed by atoms with Gasteiger partial charge >= 0.3 is 0 Å². The second-order valence-corrected chi connectivity index (χ2v) is 6.37. The van der Waals surface area contributed by atoms with Gasteiger partial charge in [-0.05, 0) is 43.5 Å². The Labute approximate surface area is 133 Å². The zero-order chi connectivity index (χ0) is 15.3. The van der Waals surface area contributed by atoms with E-state index in [4.69, 9.17) is 4.74 Å². The number of ether oxygens (including phenoxy) is 1. The van der Waals surface area contributed by atoms with Gasteiger partial charge in [0.05, 0.1) is 5.60 Å². The molecular formula is C15H21BrFN3O. The summed E-state index contributed by atoms with van der Waals surface area (Å²) in [6, 6.07) is 4.83. The van der Waals surface area contributed by atoms with Gasteiger partial charge in [0.25, 0.3) is 0 Å². The molecule has 1 fully saturated rings. The van der Waals surface area contributed by atoms with Crippen LogP contribution < -0.4 is 10.6 Å². The van der Waals surface area contributed by atoms with Crippen molar-refractivity contribution in [3.8, 4) is 0 Å². The van der Waals surface area contributed by atoms with Crippen molar-refractivity contribution in [3.63, 3.8) is 0 Å². The summed E-state index contributed by atoms with van der Waals surface area (Å²) in [4.78, 5) is 4.17. The van der Waals surface area contributed by atoms with E-state index >= 15 is 0 Å². The number of benzene rings is 1. The third-order valence-electron chi connectivity index (χ3n) is 3.54. The molecule has 6 heteroatoms. The Morgan fingerprint density at radius 2 is 2.24 bits per heavy atom. The summed E-state index contributed by atoms with van der Waals surface area (Å²) >= 11 is 3.29. The van der Waals surface area contributed by atoms with Crippen LogP contribution in [0.2, 0.25) is 0 Å². The van der Waals surface area contributed by atoms with E-state index in [1.165, 1.54) is 12.1 Å². The van der Waals surface area contributed by atoms with Gasteiger partial charge in [-0.1, -0.05) is 15.9 Å². The highest BCUT2D eigenvalue weighted by Crippen LogP contribution is 2.23. The molecule has 0 aromatic heterocycles. The number of rotatable bonds is 4. The number of guanidine groups is 1. The van der Waals surface area contributed by atoms with Gasteiger partial charge in [-0.25, -0.2) is 4.39 Å². The first-order valence-corrected chi connectivity index (χ1v) is 7.83. The normalized spacial score (nSPS) is 22.4. The molecule has 1 aromatic carbocycles.